The third kappa shape index (κ3) is 6.39. The van der Waals surface area contributed by atoms with Crippen LogP contribution in [0.4, 0.5) is 0 Å². The van der Waals surface area contributed by atoms with Crippen LogP contribution < -0.4 is 0 Å². The van der Waals surface area contributed by atoms with E-state index in [0.717, 1.165) is 30.4 Å². The highest BCUT2D eigenvalue weighted by Gasteiger charge is 2.16. The van der Waals surface area contributed by atoms with Gasteiger partial charge in [0, 0.05) is 23.1 Å². The van der Waals surface area contributed by atoms with Crippen molar-refractivity contribution in [1.82, 2.24) is 4.90 Å². The van der Waals surface area contributed by atoms with Gasteiger partial charge in [0.25, 0.3) is 5.91 Å². The van der Waals surface area contributed by atoms with Gasteiger partial charge in [0.1, 0.15) is 0 Å². The molecule has 0 saturated carbocycles. The highest BCUT2D eigenvalue weighted by Crippen LogP contribution is 2.24. The molecule has 0 aromatic heterocycles. The number of unbranched alkanes of at least 4 members (excludes halogenated alkanes) is 4. The largest absolute Gasteiger partial charge is 0.339 e. The van der Waals surface area contributed by atoms with Crippen molar-refractivity contribution in [1.29, 1.82) is 0 Å². The molecular weight excluding hydrogens is 350 g/mol. The Hall–Kier alpha value is -0.540. The molecule has 1 rings (SSSR count). The van der Waals surface area contributed by atoms with E-state index in [-0.39, 0.29) is 5.91 Å². The zero-order valence-corrected chi connectivity index (χ0v) is 15.3. The molecule has 0 aliphatic rings. The lowest BCUT2D eigenvalue weighted by Crippen LogP contribution is -2.33. The van der Waals surface area contributed by atoms with E-state index in [1.807, 2.05) is 17.0 Å². The summed E-state index contributed by atoms with van der Waals surface area (Å²) >= 11 is 9.39. The van der Waals surface area contributed by atoms with Gasteiger partial charge in [-0.3, -0.25) is 4.79 Å². The fourth-order valence-electron chi connectivity index (χ4n) is 2.23. The number of hydrogen-bond acceptors (Lipinski definition) is 1. The van der Waals surface area contributed by atoms with Crippen LogP contribution in [0.25, 0.3) is 0 Å². The van der Waals surface area contributed by atoms with Gasteiger partial charge in [0.2, 0.25) is 0 Å². The van der Waals surface area contributed by atoms with Crippen molar-refractivity contribution in [3.63, 3.8) is 0 Å². The third-order valence-electron chi connectivity index (χ3n) is 3.52. The lowest BCUT2D eigenvalue weighted by atomic mass is 10.1. The van der Waals surface area contributed by atoms with E-state index >= 15 is 0 Å². The number of amides is 1. The summed E-state index contributed by atoms with van der Waals surface area (Å²) in [7, 11) is 0. The Morgan fingerprint density at radius 1 is 1.10 bits per heavy atom. The van der Waals surface area contributed by atoms with Crippen molar-refractivity contribution in [3.8, 4) is 0 Å². The molecule has 1 aromatic rings. The molecule has 0 unspecified atom stereocenters. The Morgan fingerprint density at radius 3 is 2.14 bits per heavy atom. The van der Waals surface area contributed by atoms with Crippen LogP contribution in [-0.2, 0) is 0 Å². The second kappa shape index (κ2) is 10.2. The minimum atomic E-state index is 0.111. The van der Waals surface area contributed by atoms with Gasteiger partial charge in [0.15, 0.2) is 0 Å². The van der Waals surface area contributed by atoms with E-state index in [4.69, 9.17) is 11.6 Å². The molecule has 0 heterocycles. The molecule has 2 nitrogen and oxygen atoms in total. The number of carbonyl (C=O) groups is 1. The standard InChI is InChI=1S/C17H25BrClNO/c1-3-5-7-11-20(12-8-6-4-2)17(21)14-9-10-16(19)15(18)13-14/h9-10,13H,3-8,11-12H2,1-2H3. The van der Waals surface area contributed by atoms with Crippen LogP contribution >= 0.6 is 27.5 Å². The predicted octanol–water partition coefficient (Wildman–Crippen LogP) is 5.93. The smallest absolute Gasteiger partial charge is 0.253 e. The van der Waals surface area contributed by atoms with Crippen LogP contribution in [0, 0.1) is 0 Å². The number of benzene rings is 1. The van der Waals surface area contributed by atoms with Crippen LogP contribution in [0.3, 0.4) is 0 Å². The maximum absolute atomic E-state index is 12.7. The molecule has 4 heteroatoms. The van der Waals surface area contributed by atoms with Gasteiger partial charge >= 0.3 is 0 Å². The number of nitrogens with zero attached hydrogens (tertiary/aromatic N) is 1. The fourth-order valence-corrected chi connectivity index (χ4v) is 2.73. The second-order valence-electron chi connectivity index (χ2n) is 5.34. The summed E-state index contributed by atoms with van der Waals surface area (Å²) in [5.41, 5.74) is 0.708. The molecule has 21 heavy (non-hydrogen) atoms. The average Bonchev–Trinajstić information content (AvgIpc) is 2.48. The van der Waals surface area contributed by atoms with Gasteiger partial charge in [0.05, 0.1) is 5.02 Å². The SMILES string of the molecule is CCCCCN(CCCCC)C(=O)c1ccc(Cl)c(Br)c1. The minimum Gasteiger partial charge on any atom is -0.339 e. The van der Waals surface area contributed by atoms with Crippen molar-refractivity contribution in [3.05, 3.63) is 33.3 Å². The zero-order valence-electron chi connectivity index (χ0n) is 13.0. The molecule has 0 aliphatic carbocycles. The van der Waals surface area contributed by atoms with Crippen molar-refractivity contribution in [2.45, 2.75) is 52.4 Å². The van der Waals surface area contributed by atoms with E-state index in [1.54, 1.807) is 6.07 Å². The van der Waals surface area contributed by atoms with Crippen LogP contribution in [-0.4, -0.2) is 23.9 Å². The van der Waals surface area contributed by atoms with E-state index in [0.29, 0.717) is 10.6 Å². The molecule has 0 bridgehead atoms. The Balaban J connectivity index is 2.73. The molecule has 0 aliphatic heterocycles. The van der Waals surface area contributed by atoms with Gasteiger partial charge in [-0.2, -0.15) is 0 Å². The molecule has 0 atom stereocenters. The van der Waals surface area contributed by atoms with E-state index in [9.17, 15) is 4.79 Å². The normalized spacial score (nSPS) is 10.7. The van der Waals surface area contributed by atoms with Crippen LogP contribution in [0.1, 0.15) is 62.7 Å². The highest BCUT2D eigenvalue weighted by atomic mass is 79.9. The Morgan fingerprint density at radius 2 is 1.67 bits per heavy atom. The van der Waals surface area contributed by atoms with Crippen LogP contribution in [0.2, 0.25) is 5.02 Å². The first-order chi connectivity index (χ1) is 10.1. The van der Waals surface area contributed by atoms with Crippen molar-refractivity contribution < 1.29 is 4.79 Å². The van der Waals surface area contributed by atoms with Gasteiger partial charge in [-0.15, -0.1) is 0 Å². The van der Waals surface area contributed by atoms with E-state index in [1.165, 1.54) is 25.7 Å². The number of carbonyl (C=O) groups excluding carboxylic acids is 1. The van der Waals surface area contributed by atoms with Crippen LogP contribution in [0.5, 0.6) is 0 Å². The summed E-state index contributed by atoms with van der Waals surface area (Å²) in [5, 5.41) is 0.634. The fraction of sp³-hybridized carbons (Fsp3) is 0.588. The monoisotopic (exact) mass is 373 g/mol. The maximum atomic E-state index is 12.7. The summed E-state index contributed by atoms with van der Waals surface area (Å²) in [6.07, 6.45) is 6.82. The average molecular weight is 375 g/mol. The molecule has 0 radical (unpaired) electrons. The number of hydrogen-bond donors (Lipinski definition) is 0. The zero-order chi connectivity index (χ0) is 15.7. The van der Waals surface area contributed by atoms with Crippen molar-refractivity contribution >= 4 is 33.4 Å². The third-order valence-corrected chi connectivity index (χ3v) is 4.73. The molecule has 0 saturated heterocycles. The Kier molecular flexibility index (Phi) is 9.02. The second-order valence-corrected chi connectivity index (χ2v) is 6.60. The van der Waals surface area contributed by atoms with Gasteiger partial charge in [-0.25, -0.2) is 0 Å². The summed E-state index contributed by atoms with van der Waals surface area (Å²) in [4.78, 5) is 14.6. The Labute approximate surface area is 142 Å². The summed E-state index contributed by atoms with van der Waals surface area (Å²) < 4.78 is 0.775. The van der Waals surface area contributed by atoms with Gasteiger partial charge in [-0.1, -0.05) is 51.1 Å². The number of halogens is 2. The summed E-state index contributed by atoms with van der Waals surface area (Å²) in [6, 6.07) is 5.40. The molecule has 0 N–H and O–H groups in total. The highest BCUT2D eigenvalue weighted by molar-refractivity contribution is 9.10. The van der Waals surface area contributed by atoms with Crippen molar-refractivity contribution in [2.24, 2.45) is 0 Å². The van der Waals surface area contributed by atoms with Gasteiger partial charge < -0.3 is 4.90 Å². The number of rotatable bonds is 9. The first-order valence-corrected chi connectivity index (χ1v) is 9.01. The lowest BCUT2D eigenvalue weighted by molar-refractivity contribution is 0.0749. The molecule has 118 valence electrons. The predicted molar refractivity (Wildman–Crippen MR) is 94.1 cm³/mol. The summed E-state index contributed by atoms with van der Waals surface area (Å²) in [6.45, 7) is 6.05. The minimum absolute atomic E-state index is 0.111. The topological polar surface area (TPSA) is 20.3 Å². The molecule has 1 amide bonds. The maximum Gasteiger partial charge on any atom is 0.253 e. The summed E-state index contributed by atoms with van der Waals surface area (Å²) in [5.74, 6) is 0.111. The Bertz CT molecular complexity index is 440. The lowest BCUT2D eigenvalue weighted by Gasteiger charge is -2.23. The van der Waals surface area contributed by atoms with E-state index in [2.05, 4.69) is 29.8 Å². The molecule has 0 fully saturated rings. The first kappa shape index (κ1) is 18.5. The molecular formula is C17H25BrClNO. The quantitative estimate of drug-likeness (QED) is 0.491. The molecule has 0 spiro atoms. The van der Waals surface area contributed by atoms with Crippen LogP contribution in [0.15, 0.2) is 22.7 Å². The van der Waals surface area contributed by atoms with Gasteiger partial charge in [-0.05, 0) is 47.0 Å². The first-order valence-electron chi connectivity index (χ1n) is 7.84. The van der Waals surface area contributed by atoms with E-state index < -0.39 is 0 Å². The molecule has 1 aromatic carbocycles. The van der Waals surface area contributed by atoms with Crippen molar-refractivity contribution in [2.75, 3.05) is 13.1 Å².